The van der Waals surface area contributed by atoms with Crippen LogP contribution in [0.1, 0.15) is 26.7 Å². The van der Waals surface area contributed by atoms with E-state index in [2.05, 4.69) is 10.5 Å². The van der Waals surface area contributed by atoms with Crippen molar-refractivity contribution < 1.29 is 5.21 Å². The highest BCUT2D eigenvalue weighted by Gasteiger charge is 2.22. The lowest BCUT2D eigenvalue weighted by Gasteiger charge is -2.22. The maximum absolute atomic E-state index is 8.69. The molecule has 4 nitrogen and oxygen atoms in total. The summed E-state index contributed by atoms with van der Waals surface area (Å²) in [5.74, 6) is 0.244. The van der Waals surface area contributed by atoms with Crippen molar-refractivity contribution in [1.29, 1.82) is 0 Å². The van der Waals surface area contributed by atoms with Crippen LogP contribution >= 0.6 is 23.2 Å². The lowest BCUT2D eigenvalue weighted by molar-refractivity contribution is 0.305. The fraction of sp³-hybridized carbons (Fsp3) is 0.462. The predicted octanol–water partition coefficient (Wildman–Crippen LogP) is 3.96. The number of anilines is 1. The molecule has 0 radical (unpaired) electrons. The molecule has 106 valence electrons. The molecule has 0 aliphatic rings. The standard InChI is InChI=1S/C13H19Cl2N3O/c1-13(2,12(16)18-19)6-3-7-17-11-8-9(14)4-5-10(11)15/h4-5,8,17,19H,3,6-7H2,1-2H3,(H2,16,18). The molecule has 0 unspecified atom stereocenters. The van der Waals surface area contributed by atoms with E-state index in [1.807, 2.05) is 13.8 Å². The first kappa shape index (κ1) is 15.9. The molecule has 0 heterocycles. The molecule has 0 amide bonds. The summed E-state index contributed by atoms with van der Waals surface area (Å²) in [7, 11) is 0. The van der Waals surface area contributed by atoms with Gasteiger partial charge < -0.3 is 16.3 Å². The van der Waals surface area contributed by atoms with Gasteiger partial charge in [-0.05, 0) is 31.0 Å². The average molecular weight is 304 g/mol. The maximum Gasteiger partial charge on any atom is 0.144 e. The number of amidine groups is 1. The van der Waals surface area contributed by atoms with Crippen molar-refractivity contribution in [2.24, 2.45) is 16.3 Å². The van der Waals surface area contributed by atoms with Gasteiger partial charge in [0.2, 0.25) is 0 Å². The van der Waals surface area contributed by atoms with Crippen molar-refractivity contribution in [2.75, 3.05) is 11.9 Å². The molecular weight excluding hydrogens is 285 g/mol. The number of halogens is 2. The second-order valence-corrected chi connectivity index (χ2v) is 5.87. The van der Waals surface area contributed by atoms with E-state index in [9.17, 15) is 0 Å². The van der Waals surface area contributed by atoms with Crippen molar-refractivity contribution in [1.82, 2.24) is 0 Å². The fourth-order valence-corrected chi connectivity index (χ4v) is 2.01. The van der Waals surface area contributed by atoms with Crippen molar-refractivity contribution >= 4 is 34.7 Å². The zero-order chi connectivity index (χ0) is 14.5. The minimum absolute atomic E-state index is 0.244. The second kappa shape index (κ2) is 6.87. The first-order valence-corrected chi connectivity index (χ1v) is 6.79. The number of hydrogen-bond acceptors (Lipinski definition) is 3. The lowest BCUT2D eigenvalue weighted by Crippen LogP contribution is -2.32. The van der Waals surface area contributed by atoms with Gasteiger partial charge in [-0.3, -0.25) is 0 Å². The molecule has 0 spiro atoms. The molecule has 19 heavy (non-hydrogen) atoms. The van der Waals surface area contributed by atoms with E-state index >= 15 is 0 Å². The van der Waals surface area contributed by atoms with E-state index in [0.717, 1.165) is 25.1 Å². The third kappa shape index (κ3) is 4.80. The minimum atomic E-state index is -0.325. The van der Waals surface area contributed by atoms with Crippen LogP contribution in [-0.2, 0) is 0 Å². The third-order valence-electron chi connectivity index (χ3n) is 3.02. The molecule has 0 aromatic heterocycles. The van der Waals surface area contributed by atoms with Crippen LogP contribution in [0.2, 0.25) is 10.0 Å². The quantitative estimate of drug-likeness (QED) is 0.245. The highest BCUT2D eigenvalue weighted by molar-refractivity contribution is 6.35. The summed E-state index contributed by atoms with van der Waals surface area (Å²) in [6, 6.07) is 5.29. The van der Waals surface area contributed by atoms with Gasteiger partial charge in [0.05, 0.1) is 10.7 Å². The number of rotatable bonds is 6. The van der Waals surface area contributed by atoms with Crippen molar-refractivity contribution in [2.45, 2.75) is 26.7 Å². The summed E-state index contributed by atoms with van der Waals surface area (Å²) in [5, 5.41) is 16.3. The van der Waals surface area contributed by atoms with E-state index in [0.29, 0.717) is 10.0 Å². The summed E-state index contributed by atoms with van der Waals surface area (Å²) in [4.78, 5) is 0. The first-order valence-electron chi connectivity index (χ1n) is 6.04. The molecule has 0 atom stereocenters. The van der Waals surface area contributed by atoms with E-state index < -0.39 is 0 Å². The SMILES string of the molecule is CC(C)(CCCNc1cc(Cl)ccc1Cl)C(N)=NO. The largest absolute Gasteiger partial charge is 0.409 e. The summed E-state index contributed by atoms with van der Waals surface area (Å²) in [5.41, 5.74) is 6.12. The number of benzene rings is 1. The number of nitrogens with one attached hydrogen (secondary N) is 1. The maximum atomic E-state index is 8.69. The third-order valence-corrected chi connectivity index (χ3v) is 3.59. The molecule has 0 aliphatic heterocycles. The zero-order valence-electron chi connectivity index (χ0n) is 11.1. The number of hydrogen-bond donors (Lipinski definition) is 3. The molecule has 4 N–H and O–H groups in total. The van der Waals surface area contributed by atoms with Crippen LogP contribution in [0.4, 0.5) is 5.69 Å². The van der Waals surface area contributed by atoms with E-state index in [4.69, 9.17) is 34.1 Å². The van der Waals surface area contributed by atoms with E-state index in [1.54, 1.807) is 18.2 Å². The van der Waals surface area contributed by atoms with Crippen LogP contribution < -0.4 is 11.1 Å². The average Bonchev–Trinajstić information content (AvgIpc) is 2.37. The Morgan fingerprint density at radius 1 is 1.42 bits per heavy atom. The van der Waals surface area contributed by atoms with Crippen LogP contribution in [0, 0.1) is 5.41 Å². The highest BCUT2D eigenvalue weighted by Crippen LogP contribution is 2.26. The van der Waals surface area contributed by atoms with Gasteiger partial charge in [-0.1, -0.05) is 42.2 Å². The first-order chi connectivity index (χ1) is 8.86. The van der Waals surface area contributed by atoms with Gasteiger partial charge in [-0.25, -0.2) is 0 Å². The number of oxime groups is 1. The van der Waals surface area contributed by atoms with Crippen LogP contribution in [0.5, 0.6) is 0 Å². The minimum Gasteiger partial charge on any atom is -0.409 e. The summed E-state index contributed by atoms with van der Waals surface area (Å²) < 4.78 is 0. The predicted molar refractivity (Wildman–Crippen MR) is 81.4 cm³/mol. The molecule has 6 heteroatoms. The Hall–Kier alpha value is -1.13. The molecule has 0 fully saturated rings. The van der Waals surface area contributed by atoms with Crippen LogP contribution in [0.25, 0.3) is 0 Å². The summed E-state index contributed by atoms with van der Waals surface area (Å²) >= 11 is 11.9. The van der Waals surface area contributed by atoms with Gasteiger partial charge in [-0.2, -0.15) is 0 Å². The zero-order valence-corrected chi connectivity index (χ0v) is 12.6. The molecule has 1 rings (SSSR count). The van der Waals surface area contributed by atoms with Gasteiger partial charge in [0.25, 0.3) is 0 Å². The number of nitrogens with zero attached hydrogens (tertiary/aromatic N) is 1. The van der Waals surface area contributed by atoms with Crippen molar-refractivity contribution in [3.8, 4) is 0 Å². The normalized spacial score (nSPS) is 12.5. The Morgan fingerprint density at radius 3 is 2.74 bits per heavy atom. The highest BCUT2D eigenvalue weighted by atomic mass is 35.5. The molecule has 1 aromatic carbocycles. The Labute approximate surface area is 123 Å². The van der Waals surface area contributed by atoms with Crippen LogP contribution in [0.3, 0.4) is 0 Å². The van der Waals surface area contributed by atoms with Crippen LogP contribution in [0.15, 0.2) is 23.4 Å². The van der Waals surface area contributed by atoms with Gasteiger partial charge >= 0.3 is 0 Å². The molecule has 1 aromatic rings. The van der Waals surface area contributed by atoms with Gasteiger partial charge in [0, 0.05) is 17.0 Å². The topological polar surface area (TPSA) is 70.6 Å². The monoisotopic (exact) mass is 303 g/mol. The molecule has 0 aliphatic carbocycles. The summed E-state index contributed by atoms with van der Waals surface area (Å²) in [6.07, 6.45) is 1.67. The summed E-state index contributed by atoms with van der Waals surface area (Å²) in [6.45, 7) is 4.62. The lowest BCUT2D eigenvalue weighted by atomic mass is 9.86. The molecule has 0 saturated carbocycles. The van der Waals surface area contributed by atoms with Crippen molar-refractivity contribution in [3.05, 3.63) is 28.2 Å². The molecular formula is C13H19Cl2N3O. The second-order valence-electron chi connectivity index (χ2n) is 5.02. The molecule has 0 bridgehead atoms. The van der Waals surface area contributed by atoms with Crippen LogP contribution in [-0.4, -0.2) is 17.6 Å². The van der Waals surface area contributed by atoms with Gasteiger partial charge in [0.1, 0.15) is 5.84 Å². The Balaban J connectivity index is 2.45. The van der Waals surface area contributed by atoms with E-state index in [-0.39, 0.29) is 11.3 Å². The smallest absolute Gasteiger partial charge is 0.144 e. The Morgan fingerprint density at radius 2 is 2.11 bits per heavy atom. The fourth-order valence-electron chi connectivity index (χ4n) is 1.65. The Bertz CT molecular complexity index is 461. The number of nitrogens with two attached hydrogens (primary N) is 1. The van der Waals surface area contributed by atoms with Gasteiger partial charge in [-0.15, -0.1) is 0 Å². The van der Waals surface area contributed by atoms with Crippen molar-refractivity contribution in [3.63, 3.8) is 0 Å². The Kier molecular flexibility index (Phi) is 5.76. The van der Waals surface area contributed by atoms with Gasteiger partial charge in [0.15, 0.2) is 0 Å². The molecule has 0 saturated heterocycles. The van der Waals surface area contributed by atoms with E-state index in [1.165, 1.54) is 0 Å².